The van der Waals surface area contributed by atoms with Gasteiger partial charge in [-0.05, 0) is 12.1 Å². The van der Waals surface area contributed by atoms with Crippen molar-refractivity contribution in [3.63, 3.8) is 0 Å². The number of hydrogen-bond acceptors (Lipinski definition) is 6. The highest BCUT2D eigenvalue weighted by atomic mass is 16.5. The minimum atomic E-state index is -0.0801. The predicted octanol–water partition coefficient (Wildman–Crippen LogP) is 0.668. The molecule has 0 aliphatic carbocycles. The third-order valence-corrected chi connectivity index (χ3v) is 4.47. The molecule has 136 valence electrons. The second-order valence-corrected chi connectivity index (χ2v) is 6.46. The Morgan fingerprint density at radius 3 is 2.77 bits per heavy atom. The molecule has 0 saturated carbocycles. The summed E-state index contributed by atoms with van der Waals surface area (Å²) in [6, 6.07) is 3.86. The molecule has 0 aromatic carbocycles. The second-order valence-electron chi connectivity index (χ2n) is 6.46. The third-order valence-electron chi connectivity index (χ3n) is 4.47. The molecule has 1 saturated heterocycles. The van der Waals surface area contributed by atoms with Crippen LogP contribution < -0.4 is 4.90 Å². The minimum absolute atomic E-state index is 0.0801. The Kier molecular flexibility index (Phi) is 4.08. The van der Waals surface area contributed by atoms with Gasteiger partial charge in [0.05, 0.1) is 30.7 Å². The first-order valence-electron chi connectivity index (χ1n) is 8.48. The van der Waals surface area contributed by atoms with E-state index in [0.717, 1.165) is 30.0 Å². The first-order valence-corrected chi connectivity index (χ1v) is 8.48. The van der Waals surface area contributed by atoms with Gasteiger partial charge < -0.3 is 14.5 Å². The quantitative estimate of drug-likeness (QED) is 0.687. The van der Waals surface area contributed by atoms with Crippen molar-refractivity contribution in [2.24, 2.45) is 7.05 Å². The fourth-order valence-electron chi connectivity index (χ4n) is 3.09. The van der Waals surface area contributed by atoms with Crippen molar-refractivity contribution >= 4 is 17.5 Å². The van der Waals surface area contributed by atoms with Gasteiger partial charge in [0.25, 0.3) is 5.91 Å². The van der Waals surface area contributed by atoms with Crippen LogP contribution in [-0.2, 0) is 11.8 Å². The number of pyridine rings is 1. The number of carbonyl (C=O) groups is 1. The van der Waals surface area contributed by atoms with E-state index >= 15 is 0 Å². The van der Waals surface area contributed by atoms with E-state index in [1.807, 2.05) is 25.4 Å². The molecule has 0 unspecified atom stereocenters. The molecule has 0 bridgehead atoms. The summed E-state index contributed by atoms with van der Waals surface area (Å²) >= 11 is 0. The topological polar surface area (TPSA) is 80.8 Å². The van der Waals surface area contributed by atoms with Crippen molar-refractivity contribution in [3.8, 4) is 11.3 Å². The van der Waals surface area contributed by atoms with E-state index in [1.54, 1.807) is 34.4 Å². The maximum Gasteiger partial charge on any atom is 0.257 e. The van der Waals surface area contributed by atoms with Crippen LogP contribution in [0.2, 0.25) is 0 Å². The van der Waals surface area contributed by atoms with Crippen LogP contribution in [0.15, 0.2) is 24.5 Å². The molecule has 0 atom stereocenters. The van der Waals surface area contributed by atoms with Crippen molar-refractivity contribution in [2.45, 2.75) is 0 Å². The van der Waals surface area contributed by atoms with Crippen LogP contribution in [0.4, 0.5) is 5.95 Å². The van der Waals surface area contributed by atoms with Gasteiger partial charge in [-0.25, -0.2) is 4.52 Å². The van der Waals surface area contributed by atoms with E-state index in [4.69, 9.17) is 4.74 Å². The number of aromatic nitrogens is 5. The average molecular weight is 355 g/mol. The largest absolute Gasteiger partial charge is 0.378 e. The lowest BCUT2D eigenvalue weighted by Crippen LogP contribution is -2.36. The van der Waals surface area contributed by atoms with Gasteiger partial charge in [0.1, 0.15) is 0 Å². The fourth-order valence-corrected chi connectivity index (χ4v) is 3.09. The first-order chi connectivity index (χ1) is 12.5. The van der Waals surface area contributed by atoms with Gasteiger partial charge in [-0.2, -0.15) is 10.1 Å². The summed E-state index contributed by atoms with van der Waals surface area (Å²) in [5.41, 5.74) is 2.94. The number of hydrogen-bond donors (Lipinski definition) is 0. The van der Waals surface area contributed by atoms with Crippen LogP contribution >= 0.6 is 0 Å². The van der Waals surface area contributed by atoms with Gasteiger partial charge in [0.15, 0.2) is 5.65 Å². The molecule has 4 heterocycles. The molecule has 3 aromatic rings. The molecule has 9 nitrogen and oxygen atoms in total. The highest BCUT2D eigenvalue weighted by Crippen LogP contribution is 2.25. The summed E-state index contributed by atoms with van der Waals surface area (Å²) in [5.74, 6) is 0.614. The molecular weight excluding hydrogens is 334 g/mol. The summed E-state index contributed by atoms with van der Waals surface area (Å²) in [5, 5.41) is 8.80. The molecular formula is C17H21N7O2. The Morgan fingerprint density at radius 1 is 1.27 bits per heavy atom. The second kappa shape index (κ2) is 6.41. The average Bonchev–Trinajstić information content (AvgIpc) is 3.24. The highest BCUT2D eigenvalue weighted by Gasteiger charge is 2.20. The number of rotatable bonds is 3. The molecule has 4 rings (SSSR count). The Balaban J connectivity index is 1.74. The van der Waals surface area contributed by atoms with Crippen LogP contribution in [0.25, 0.3) is 16.9 Å². The van der Waals surface area contributed by atoms with Crippen LogP contribution in [0.3, 0.4) is 0 Å². The highest BCUT2D eigenvalue weighted by molar-refractivity contribution is 5.99. The first kappa shape index (κ1) is 16.5. The SMILES string of the molecule is CN(C)C(=O)c1cnn(C)c1-c1ccn2nc(N3CCOCC3)nc2c1. The Hall–Kier alpha value is -2.94. The number of carbonyl (C=O) groups excluding carboxylic acids is 1. The molecule has 0 radical (unpaired) electrons. The number of fused-ring (bicyclic) bond motifs is 1. The number of ether oxygens (including phenoxy) is 1. The number of amides is 1. The van der Waals surface area contributed by atoms with Gasteiger partial charge in [0.2, 0.25) is 5.95 Å². The number of anilines is 1. The maximum absolute atomic E-state index is 12.4. The molecule has 1 aliphatic rings. The van der Waals surface area contributed by atoms with E-state index in [0.29, 0.717) is 24.7 Å². The molecule has 9 heteroatoms. The van der Waals surface area contributed by atoms with Gasteiger partial charge >= 0.3 is 0 Å². The van der Waals surface area contributed by atoms with Gasteiger partial charge in [0, 0.05) is 46.0 Å². The monoisotopic (exact) mass is 355 g/mol. The minimum Gasteiger partial charge on any atom is -0.378 e. The van der Waals surface area contributed by atoms with E-state index in [-0.39, 0.29) is 5.91 Å². The van der Waals surface area contributed by atoms with Crippen LogP contribution in [0.1, 0.15) is 10.4 Å². The zero-order valence-corrected chi connectivity index (χ0v) is 15.1. The molecule has 0 N–H and O–H groups in total. The van der Waals surface area contributed by atoms with Crippen LogP contribution in [0, 0.1) is 0 Å². The van der Waals surface area contributed by atoms with Crippen molar-refractivity contribution in [3.05, 3.63) is 30.1 Å². The Morgan fingerprint density at radius 2 is 2.04 bits per heavy atom. The molecule has 1 amide bonds. The summed E-state index contributed by atoms with van der Waals surface area (Å²) in [7, 11) is 5.29. The molecule has 3 aromatic heterocycles. The number of aryl methyl sites for hydroxylation is 1. The van der Waals surface area contributed by atoms with E-state index in [2.05, 4.69) is 20.1 Å². The molecule has 26 heavy (non-hydrogen) atoms. The lowest BCUT2D eigenvalue weighted by molar-refractivity contribution is 0.0828. The number of morpholine rings is 1. The van der Waals surface area contributed by atoms with E-state index in [9.17, 15) is 4.79 Å². The van der Waals surface area contributed by atoms with Crippen molar-refractivity contribution in [1.82, 2.24) is 29.3 Å². The normalized spacial score (nSPS) is 14.8. The van der Waals surface area contributed by atoms with Gasteiger partial charge in [-0.15, -0.1) is 5.10 Å². The lowest BCUT2D eigenvalue weighted by atomic mass is 10.1. The van der Waals surface area contributed by atoms with E-state index < -0.39 is 0 Å². The number of nitrogens with zero attached hydrogens (tertiary/aromatic N) is 7. The zero-order chi connectivity index (χ0) is 18.3. The van der Waals surface area contributed by atoms with E-state index in [1.165, 1.54) is 0 Å². The molecule has 0 spiro atoms. The van der Waals surface area contributed by atoms with Crippen molar-refractivity contribution in [1.29, 1.82) is 0 Å². The standard InChI is InChI=1S/C17H21N7O2/c1-21(2)16(25)13-11-18-22(3)15(13)12-4-5-24-14(10-12)19-17(20-24)23-6-8-26-9-7-23/h4-5,10-11H,6-9H2,1-3H3. The summed E-state index contributed by atoms with van der Waals surface area (Å²) in [6.07, 6.45) is 3.46. The Labute approximate surface area is 150 Å². The summed E-state index contributed by atoms with van der Waals surface area (Å²) in [6.45, 7) is 2.94. The summed E-state index contributed by atoms with van der Waals surface area (Å²) < 4.78 is 8.84. The maximum atomic E-state index is 12.4. The fraction of sp³-hybridized carbons (Fsp3) is 0.412. The van der Waals surface area contributed by atoms with Crippen molar-refractivity contribution in [2.75, 3.05) is 45.3 Å². The summed E-state index contributed by atoms with van der Waals surface area (Å²) in [4.78, 5) is 20.8. The van der Waals surface area contributed by atoms with Gasteiger partial charge in [-0.1, -0.05) is 0 Å². The third kappa shape index (κ3) is 2.80. The predicted molar refractivity (Wildman–Crippen MR) is 96.2 cm³/mol. The zero-order valence-electron chi connectivity index (χ0n) is 15.1. The molecule has 1 fully saturated rings. The van der Waals surface area contributed by atoms with Crippen molar-refractivity contribution < 1.29 is 9.53 Å². The molecule has 1 aliphatic heterocycles. The smallest absolute Gasteiger partial charge is 0.257 e. The van der Waals surface area contributed by atoms with Crippen LogP contribution in [-0.4, -0.2) is 75.6 Å². The Bertz CT molecular complexity index is 953. The van der Waals surface area contributed by atoms with Crippen LogP contribution in [0.5, 0.6) is 0 Å². The lowest BCUT2D eigenvalue weighted by Gasteiger charge is -2.25. The van der Waals surface area contributed by atoms with Gasteiger partial charge in [-0.3, -0.25) is 9.48 Å².